The first kappa shape index (κ1) is 24.8. The van der Waals surface area contributed by atoms with Gasteiger partial charge in [-0.1, -0.05) is 59.1 Å². The van der Waals surface area contributed by atoms with Crippen LogP contribution < -0.4 is 5.32 Å². The fraction of sp³-hybridized carbons (Fsp3) is 0.619. The fourth-order valence-electron chi connectivity index (χ4n) is 2.44. The second kappa shape index (κ2) is 11.7. The molecule has 1 amide bonds. The molecule has 158 valence electrons. The van der Waals surface area contributed by atoms with E-state index in [4.69, 9.17) is 16.3 Å². The highest BCUT2D eigenvalue weighted by Crippen LogP contribution is 2.36. The summed E-state index contributed by atoms with van der Waals surface area (Å²) in [5, 5.41) is 2.39. The summed E-state index contributed by atoms with van der Waals surface area (Å²) < 4.78 is 19.6. The number of esters is 1. The Balaban J connectivity index is 2.95. The largest absolute Gasteiger partial charge is 0.465 e. The number of anilines is 1. The van der Waals surface area contributed by atoms with Gasteiger partial charge in [-0.25, -0.2) is 4.39 Å². The molecule has 1 atom stereocenters. The average Bonchev–Trinajstić information content (AvgIpc) is 2.56. The first-order valence-corrected chi connectivity index (χ1v) is 10.9. The van der Waals surface area contributed by atoms with E-state index in [1.54, 1.807) is 0 Å². The van der Waals surface area contributed by atoms with Gasteiger partial charge >= 0.3 is 5.97 Å². The summed E-state index contributed by atoms with van der Waals surface area (Å²) in [7, 11) is 0. The van der Waals surface area contributed by atoms with E-state index in [0.29, 0.717) is 17.9 Å². The number of thioether (sulfide) groups is 1. The van der Waals surface area contributed by atoms with Crippen molar-refractivity contribution in [3.05, 3.63) is 23.0 Å². The molecule has 0 fully saturated rings. The van der Waals surface area contributed by atoms with Gasteiger partial charge in [-0.15, -0.1) is 11.8 Å². The molecule has 1 unspecified atom stereocenters. The van der Waals surface area contributed by atoms with Crippen LogP contribution in [0.5, 0.6) is 0 Å². The van der Waals surface area contributed by atoms with Gasteiger partial charge < -0.3 is 10.1 Å². The van der Waals surface area contributed by atoms with Crippen LogP contribution >= 0.6 is 23.4 Å². The maximum Gasteiger partial charge on any atom is 0.319 e. The van der Waals surface area contributed by atoms with Crippen LogP contribution in [0.4, 0.5) is 10.1 Å². The number of unbranched alkanes of at least 4 members (excludes halogenated alkanes) is 1. The van der Waals surface area contributed by atoms with Crippen LogP contribution in [0.1, 0.15) is 66.7 Å². The molecule has 0 aliphatic rings. The molecule has 7 heteroatoms. The number of carbonyl (C=O) groups excluding carboxylic acids is 2. The van der Waals surface area contributed by atoms with Gasteiger partial charge in [0.05, 0.1) is 17.3 Å². The minimum Gasteiger partial charge on any atom is -0.465 e. The van der Waals surface area contributed by atoms with Crippen molar-refractivity contribution >= 4 is 40.9 Å². The molecule has 1 N–H and O–H groups in total. The summed E-state index contributed by atoms with van der Waals surface area (Å²) in [5.74, 6) is -1.16. The van der Waals surface area contributed by atoms with E-state index >= 15 is 0 Å². The number of ether oxygens (including phenoxy) is 1. The third-order valence-electron chi connectivity index (χ3n) is 3.81. The second-order valence-electron chi connectivity index (χ2n) is 7.96. The highest BCUT2D eigenvalue weighted by Gasteiger charge is 2.23. The summed E-state index contributed by atoms with van der Waals surface area (Å²) >= 11 is 7.44. The first-order valence-electron chi connectivity index (χ1n) is 9.69. The van der Waals surface area contributed by atoms with Gasteiger partial charge in [-0.3, -0.25) is 9.59 Å². The van der Waals surface area contributed by atoms with Crippen LogP contribution in [0.25, 0.3) is 0 Å². The van der Waals surface area contributed by atoms with Gasteiger partial charge in [-0.2, -0.15) is 0 Å². The van der Waals surface area contributed by atoms with Crippen molar-refractivity contribution in [2.75, 3.05) is 11.9 Å². The molecule has 0 radical (unpaired) electrons. The Hall–Kier alpha value is -1.27. The molecule has 1 aromatic rings. The third kappa shape index (κ3) is 8.82. The lowest BCUT2D eigenvalue weighted by Crippen LogP contribution is -2.21. The number of benzene rings is 1. The van der Waals surface area contributed by atoms with E-state index in [9.17, 15) is 14.0 Å². The van der Waals surface area contributed by atoms with Crippen molar-refractivity contribution in [1.29, 1.82) is 0 Å². The van der Waals surface area contributed by atoms with Crippen molar-refractivity contribution in [3.63, 3.8) is 0 Å². The Morgan fingerprint density at radius 2 is 1.93 bits per heavy atom. The van der Waals surface area contributed by atoms with Crippen molar-refractivity contribution < 1.29 is 18.7 Å². The maximum absolute atomic E-state index is 14.3. The third-order valence-corrected chi connectivity index (χ3v) is 5.54. The molecule has 4 nitrogen and oxygen atoms in total. The van der Waals surface area contributed by atoms with E-state index in [1.807, 2.05) is 34.6 Å². The molecule has 0 saturated carbocycles. The Morgan fingerprint density at radius 1 is 1.25 bits per heavy atom. The number of carbonyl (C=O) groups is 2. The van der Waals surface area contributed by atoms with Crippen molar-refractivity contribution in [2.45, 2.75) is 76.9 Å². The lowest BCUT2D eigenvalue weighted by molar-refractivity contribution is -0.143. The second-order valence-corrected chi connectivity index (χ2v) is 9.62. The van der Waals surface area contributed by atoms with Gasteiger partial charge in [0, 0.05) is 11.3 Å². The number of rotatable bonds is 10. The smallest absolute Gasteiger partial charge is 0.319 e. The SMILES string of the molecule is CCCCOC(=O)C(CCC)Sc1cc(NC(=O)CC(C)(C)C)c(F)cc1Cl. The van der Waals surface area contributed by atoms with Crippen molar-refractivity contribution in [2.24, 2.45) is 5.41 Å². The molecule has 28 heavy (non-hydrogen) atoms. The quantitative estimate of drug-likeness (QED) is 0.262. The lowest BCUT2D eigenvalue weighted by atomic mass is 9.92. The van der Waals surface area contributed by atoms with Crippen LogP contribution in [-0.2, 0) is 14.3 Å². The standard InChI is InChI=1S/C21H31ClFNO3S/c1-6-8-10-27-20(26)17(9-7-2)28-18-12-16(15(23)11-14(18)22)24-19(25)13-21(3,4)5/h11-12,17H,6-10,13H2,1-5H3,(H,24,25). The highest BCUT2D eigenvalue weighted by atomic mass is 35.5. The molecule has 0 heterocycles. The number of hydrogen-bond acceptors (Lipinski definition) is 4. The molecule has 0 bridgehead atoms. The molecule has 0 aromatic heterocycles. The summed E-state index contributed by atoms with van der Waals surface area (Å²) in [6.07, 6.45) is 3.44. The highest BCUT2D eigenvalue weighted by molar-refractivity contribution is 8.00. The van der Waals surface area contributed by atoms with Crippen LogP contribution in [0.15, 0.2) is 17.0 Å². The molecule has 0 saturated heterocycles. The van der Waals surface area contributed by atoms with Crippen LogP contribution in [0.3, 0.4) is 0 Å². The summed E-state index contributed by atoms with van der Waals surface area (Å²) in [5.41, 5.74) is -0.144. The molecular weight excluding hydrogens is 401 g/mol. The molecule has 1 aromatic carbocycles. The Labute approximate surface area is 176 Å². The number of hydrogen-bond donors (Lipinski definition) is 1. The zero-order valence-electron chi connectivity index (χ0n) is 17.4. The zero-order chi connectivity index (χ0) is 21.3. The van der Waals surface area contributed by atoms with Crippen molar-refractivity contribution in [1.82, 2.24) is 0 Å². The fourth-order valence-corrected chi connectivity index (χ4v) is 3.91. The van der Waals surface area contributed by atoms with E-state index in [-0.39, 0.29) is 34.4 Å². The molecule has 1 rings (SSSR count). The number of nitrogens with one attached hydrogen (secondary N) is 1. The summed E-state index contributed by atoms with van der Waals surface area (Å²) in [6, 6.07) is 2.66. The summed E-state index contributed by atoms with van der Waals surface area (Å²) in [4.78, 5) is 25.1. The van der Waals surface area contributed by atoms with Gasteiger partial charge in [0.25, 0.3) is 0 Å². The molecule has 0 aliphatic carbocycles. The van der Waals surface area contributed by atoms with Gasteiger partial charge in [0.2, 0.25) is 5.91 Å². The molecule has 0 spiro atoms. The zero-order valence-corrected chi connectivity index (χ0v) is 18.9. The van der Waals surface area contributed by atoms with Gasteiger partial charge in [-0.05, 0) is 30.4 Å². The van der Waals surface area contributed by atoms with Crippen molar-refractivity contribution in [3.8, 4) is 0 Å². The predicted octanol–water partition coefficient (Wildman–Crippen LogP) is 6.46. The minimum atomic E-state index is -0.603. The van der Waals surface area contributed by atoms with E-state index < -0.39 is 11.1 Å². The topological polar surface area (TPSA) is 55.4 Å². The normalized spacial score (nSPS) is 12.5. The van der Waals surface area contributed by atoms with Crippen LogP contribution in [-0.4, -0.2) is 23.7 Å². The van der Waals surface area contributed by atoms with E-state index in [2.05, 4.69) is 5.32 Å². The minimum absolute atomic E-state index is 0.0655. The Kier molecular flexibility index (Phi) is 10.3. The van der Waals surface area contributed by atoms with Crippen LogP contribution in [0.2, 0.25) is 5.02 Å². The Bertz CT molecular complexity index is 676. The lowest BCUT2D eigenvalue weighted by Gasteiger charge is -2.19. The Morgan fingerprint density at radius 3 is 2.50 bits per heavy atom. The van der Waals surface area contributed by atoms with E-state index in [0.717, 1.165) is 19.3 Å². The first-order chi connectivity index (χ1) is 13.1. The maximum atomic E-state index is 14.3. The van der Waals surface area contributed by atoms with E-state index in [1.165, 1.54) is 23.9 Å². The molecule has 0 aliphatic heterocycles. The van der Waals surface area contributed by atoms with Gasteiger partial charge in [0.1, 0.15) is 11.1 Å². The number of amides is 1. The average molecular weight is 432 g/mol. The monoisotopic (exact) mass is 431 g/mol. The predicted molar refractivity (Wildman–Crippen MR) is 115 cm³/mol. The number of halogens is 2. The summed E-state index contributed by atoms with van der Waals surface area (Å²) in [6.45, 7) is 10.2. The molecular formula is C21H31ClFNO3S. The van der Waals surface area contributed by atoms with Crippen LogP contribution in [0, 0.1) is 11.2 Å². The van der Waals surface area contributed by atoms with Gasteiger partial charge in [0.15, 0.2) is 0 Å².